The van der Waals surface area contributed by atoms with Gasteiger partial charge in [0.25, 0.3) is 21.6 Å². The van der Waals surface area contributed by atoms with Crippen LogP contribution in [0.15, 0.2) is 59.5 Å². The summed E-state index contributed by atoms with van der Waals surface area (Å²) in [4.78, 5) is 23.2. The minimum absolute atomic E-state index is 0.0270. The van der Waals surface area contributed by atoms with Gasteiger partial charge in [-0.05, 0) is 62.6 Å². The van der Waals surface area contributed by atoms with Gasteiger partial charge >= 0.3 is 0 Å². The Morgan fingerprint density at radius 1 is 0.844 bits per heavy atom. The summed E-state index contributed by atoms with van der Waals surface area (Å²) in [6.45, 7) is 7.07. The lowest BCUT2D eigenvalue weighted by molar-refractivity contribution is -0.384. The van der Waals surface area contributed by atoms with Crippen LogP contribution in [0.4, 0.5) is 17.1 Å². The van der Waals surface area contributed by atoms with E-state index in [9.17, 15) is 23.3 Å². The van der Waals surface area contributed by atoms with E-state index in [1.165, 1.54) is 30.3 Å². The standard InChI is InChI=1S/C23H23N3O5S/c1-14-5-10-20(17(4)11-14)25-32(30,31)22-12-18(8-6-16(22)3)23(27)24-21-13-19(26(28)29)9-7-15(21)2/h5-13,25H,1-4H3,(H,24,27). The number of nitrogens with one attached hydrogen (secondary N) is 2. The number of hydrogen-bond acceptors (Lipinski definition) is 5. The molecule has 3 aromatic carbocycles. The molecule has 0 fully saturated rings. The smallest absolute Gasteiger partial charge is 0.271 e. The van der Waals surface area contributed by atoms with Gasteiger partial charge in [0.2, 0.25) is 0 Å². The van der Waals surface area contributed by atoms with Crippen LogP contribution in [0, 0.1) is 37.8 Å². The van der Waals surface area contributed by atoms with Crippen molar-refractivity contribution in [3.63, 3.8) is 0 Å². The molecule has 32 heavy (non-hydrogen) atoms. The van der Waals surface area contributed by atoms with E-state index in [1.54, 1.807) is 26.0 Å². The number of carbonyl (C=O) groups is 1. The summed E-state index contributed by atoms with van der Waals surface area (Å²) in [5.41, 5.74) is 3.60. The van der Waals surface area contributed by atoms with E-state index < -0.39 is 20.9 Å². The summed E-state index contributed by atoms with van der Waals surface area (Å²) >= 11 is 0. The molecule has 0 radical (unpaired) electrons. The predicted molar refractivity (Wildman–Crippen MR) is 124 cm³/mol. The van der Waals surface area contributed by atoms with Crippen molar-refractivity contribution in [2.24, 2.45) is 0 Å². The molecular weight excluding hydrogens is 430 g/mol. The lowest BCUT2D eigenvalue weighted by atomic mass is 10.1. The zero-order valence-electron chi connectivity index (χ0n) is 18.1. The number of sulfonamides is 1. The van der Waals surface area contributed by atoms with Crippen molar-refractivity contribution in [1.29, 1.82) is 0 Å². The Hall–Kier alpha value is -3.72. The molecular formula is C23H23N3O5S. The number of hydrogen-bond donors (Lipinski definition) is 2. The Morgan fingerprint density at radius 2 is 1.53 bits per heavy atom. The Kier molecular flexibility index (Phi) is 6.31. The minimum Gasteiger partial charge on any atom is -0.321 e. The third-order valence-electron chi connectivity index (χ3n) is 5.05. The van der Waals surface area contributed by atoms with Crippen molar-refractivity contribution in [3.8, 4) is 0 Å². The van der Waals surface area contributed by atoms with Crippen LogP contribution in [-0.2, 0) is 10.0 Å². The normalized spacial score (nSPS) is 11.1. The van der Waals surface area contributed by atoms with Gasteiger partial charge in [0.05, 0.1) is 21.2 Å². The number of rotatable bonds is 6. The fourth-order valence-electron chi connectivity index (χ4n) is 3.21. The molecule has 2 N–H and O–H groups in total. The number of benzene rings is 3. The van der Waals surface area contributed by atoms with Crippen LogP contribution in [0.2, 0.25) is 0 Å². The third kappa shape index (κ3) is 4.94. The summed E-state index contributed by atoms with van der Waals surface area (Å²) in [7, 11) is -3.95. The highest BCUT2D eigenvalue weighted by molar-refractivity contribution is 7.92. The molecule has 0 aliphatic rings. The Balaban J connectivity index is 1.92. The van der Waals surface area contributed by atoms with Crippen LogP contribution in [0.3, 0.4) is 0 Å². The quantitative estimate of drug-likeness (QED) is 0.407. The molecule has 3 rings (SSSR count). The molecule has 1 amide bonds. The molecule has 166 valence electrons. The van der Waals surface area contributed by atoms with E-state index in [1.807, 2.05) is 26.0 Å². The second kappa shape index (κ2) is 8.80. The Labute approximate surface area is 186 Å². The summed E-state index contributed by atoms with van der Waals surface area (Å²) in [6.07, 6.45) is 0. The first-order valence-corrected chi connectivity index (χ1v) is 11.2. The fraction of sp³-hybridized carbons (Fsp3) is 0.174. The molecule has 3 aromatic rings. The van der Waals surface area contributed by atoms with Gasteiger partial charge in [0.15, 0.2) is 0 Å². The summed E-state index contributed by atoms with van der Waals surface area (Å²) in [5.74, 6) is -0.573. The maximum Gasteiger partial charge on any atom is 0.271 e. The monoisotopic (exact) mass is 453 g/mol. The second-order valence-corrected chi connectivity index (χ2v) is 9.27. The van der Waals surface area contributed by atoms with Crippen molar-refractivity contribution in [1.82, 2.24) is 0 Å². The van der Waals surface area contributed by atoms with Gasteiger partial charge in [-0.2, -0.15) is 0 Å². The van der Waals surface area contributed by atoms with Crippen LogP contribution in [0.1, 0.15) is 32.6 Å². The van der Waals surface area contributed by atoms with Crippen LogP contribution < -0.4 is 10.0 Å². The van der Waals surface area contributed by atoms with E-state index >= 15 is 0 Å². The van der Waals surface area contributed by atoms with Crippen molar-refractivity contribution in [2.45, 2.75) is 32.6 Å². The van der Waals surface area contributed by atoms with Crippen LogP contribution >= 0.6 is 0 Å². The number of amides is 1. The van der Waals surface area contributed by atoms with E-state index in [-0.39, 0.29) is 21.8 Å². The molecule has 0 spiro atoms. The lowest BCUT2D eigenvalue weighted by Gasteiger charge is -2.14. The second-order valence-electron chi connectivity index (χ2n) is 7.61. The molecule has 0 bridgehead atoms. The molecule has 9 heteroatoms. The molecule has 0 saturated heterocycles. The van der Waals surface area contributed by atoms with Gasteiger partial charge < -0.3 is 5.32 Å². The van der Waals surface area contributed by atoms with Gasteiger partial charge in [-0.15, -0.1) is 0 Å². The Morgan fingerprint density at radius 3 is 2.19 bits per heavy atom. The third-order valence-corrected chi connectivity index (χ3v) is 6.55. The number of nitro groups is 1. The number of nitrogens with zero attached hydrogens (tertiary/aromatic N) is 1. The zero-order valence-corrected chi connectivity index (χ0v) is 18.9. The highest BCUT2D eigenvalue weighted by Gasteiger charge is 2.21. The minimum atomic E-state index is -3.95. The number of anilines is 2. The van der Waals surface area contributed by atoms with Crippen molar-refractivity contribution >= 4 is 33.0 Å². The molecule has 0 aliphatic carbocycles. The van der Waals surface area contributed by atoms with Crippen LogP contribution in [0.5, 0.6) is 0 Å². The molecule has 0 saturated carbocycles. The fourth-order valence-corrected chi connectivity index (χ4v) is 4.61. The van der Waals surface area contributed by atoms with Crippen molar-refractivity contribution in [3.05, 3.63) is 92.5 Å². The van der Waals surface area contributed by atoms with Gasteiger partial charge in [0.1, 0.15) is 0 Å². The number of non-ortho nitro benzene ring substituents is 1. The van der Waals surface area contributed by atoms with Gasteiger partial charge in [-0.1, -0.05) is 29.8 Å². The first-order valence-electron chi connectivity index (χ1n) is 9.75. The van der Waals surface area contributed by atoms with E-state index in [0.717, 1.165) is 11.1 Å². The molecule has 0 unspecified atom stereocenters. The summed E-state index contributed by atoms with van der Waals surface area (Å²) < 4.78 is 28.7. The highest BCUT2D eigenvalue weighted by Crippen LogP contribution is 2.25. The van der Waals surface area contributed by atoms with Gasteiger partial charge in [-0.25, -0.2) is 8.42 Å². The zero-order chi connectivity index (χ0) is 23.6. The predicted octanol–water partition coefficient (Wildman–Crippen LogP) is 4.88. The molecule has 0 aliphatic heterocycles. The maximum absolute atomic E-state index is 13.0. The molecule has 0 aromatic heterocycles. The maximum atomic E-state index is 13.0. The number of nitro benzene ring substituents is 1. The Bertz CT molecular complexity index is 1330. The van der Waals surface area contributed by atoms with Gasteiger partial charge in [-0.3, -0.25) is 19.6 Å². The van der Waals surface area contributed by atoms with Crippen LogP contribution in [-0.4, -0.2) is 19.2 Å². The molecule has 8 nitrogen and oxygen atoms in total. The van der Waals surface area contributed by atoms with Crippen LogP contribution in [0.25, 0.3) is 0 Å². The van der Waals surface area contributed by atoms with E-state index in [4.69, 9.17) is 0 Å². The van der Waals surface area contributed by atoms with Gasteiger partial charge in [0, 0.05) is 17.7 Å². The van der Waals surface area contributed by atoms with Crippen molar-refractivity contribution < 1.29 is 18.1 Å². The first kappa shape index (κ1) is 23.0. The average Bonchev–Trinajstić information content (AvgIpc) is 2.71. The summed E-state index contributed by atoms with van der Waals surface area (Å²) in [6, 6.07) is 13.9. The largest absolute Gasteiger partial charge is 0.321 e. The first-order chi connectivity index (χ1) is 15.0. The number of aryl methyl sites for hydroxylation is 4. The van der Waals surface area contributed by atoms with Crippen molar-refractivity contribution in [2.75, 3.05) is 10.0 Å². The lowest BCUT2D eigenvalue weighted by Crippen LogP contribution is -2.18. The molecule has 0 atom stereocenters. The SMILES string of the molecule is Cc1ccc(NS(=O)(=O)c2cc(C(=O)Nc3cc([N+](=O)[O-])ccc3C)ccc2C)c(C)c1. The molecule has 0 heterocycles. The highest BCUT2D eigenvalue weighted by atomic mass is 32.2. The van der Waals surface area contributed by atoms with E-state index in [2.05, 4.69) is 10.0 Å². The summed E-state index contributed by atoms with van der Waals surface area (Å²) in [5, 5.41) is 13.7. The van der Waals surface area contributed by atoms with E-state index in [0.29, 0.717) is 16.8 Å². The topological polar surface area (TPSA) is 118 Å². The number of carbonyl (C=O) groups excluding carboxylic acids is 1. The average molecular weight is 454 g/mol.